The Balaban J connectivity index is 1.58. The SMILES string of the molecule is Cn1cnc(-c2noc(CC3NC(=O)c4ccccc43)n2)c1. The smallest absolute Gasteiger partial charge is 0.252 e. The summed E-state index contributed by atoms with van der Waals surface area (Å²) in [5.74, 6) is 0.862. The van der Waals surface area contributed by atoms with Crippen molar-refractivity contribution in [3.8, 4) is 11.5 Å². The first-order valence-corrected chi connectivity index (χ1v) is 6.91. The first-order chi connectivity index (χ1) is 10.7. The number of fused-ring (bicyclic) bond motifs is 1. The van der Waals surface area contributed by atoms with Crippen molar-refractivity contribution in [2.75, 3.05) is 0 Å². The number of nitrogens with one attached hydrogen (secondary N) is 1. The third-order valence-electron chi connectivity index (χ3n) is 3.67. The Bertz CT molecular complexity index is 851. The molecule has 1 aliphatic rings. The Morgan fingerprint density at radius 3 is 3.05 bits per heavy atom. The molecule has 1 amide bonds. The van der Waals surface area contributed by atoms with Gasteiger partial charge in [0.2, 0.25) is 11.7 Å². The fourth-order valence-corrected chi connectivity index (χ4v) is 2.63. The minimum Gasteiger partial charge on any atom is -0.345 e. The molecule has 0 aliphatic carbocycles. The molecule has 1 N–H and O–H groups in total. The first kappa shape index (κ1) is 12.8. The van der Waals surface area contributed by atoms with Crippen molar-refractivity contribution in [1.82, 2.24) is 25.0 Å². The lowest BCUT2D eigenvalue weighted by Gasteiger charge is -2.07. The fraction of sp³-hybridized carbons (Fsp3) is 0.200. The van der Waals surface area contributed by atoms with Crippen LogP contribution in [0, 0.1) is 0 Å². The van der Waals surface area contributed by atoms with Crippen LogP contribution in [-0.4, -0.2) is 25.6 Å². The molecule has 1 unspecified atom stereocenters. The molecule has 1 aromatic carbocycles. The molecule has 4 rings (SSSR count). The van der Waals surface area contributed by atoms with E-state index < -0.39 is 0 Å². The number of amides is 1. The summed E-state index contributed by atoms with van der Waals surface area (Å²) in [5.41, 5.74) is 2.33. The number of carbonyl (C=O) groups is 1. The molecular weight excluding hydrogens is 282 g/mol. The van der Waals surface area contributed by atoms with Crippen LogP contribution in [0.25, 0.3) is 11.5 Å². The summed E-state index contributed by atoms with van der Waals surface area (Å²) in [6, 6.07) is 7.39. The van der Waals surface area contributed by atoms with Crippen molar-refractivity contribution in [1.29, 1.82) is 0 Å². The lowest BCUT2D eigenvalue weighted by Crippen LogP contribution is -2.20. The molecule has 7 nitrogen and oxygen atoms in total. The molecule has 0 spiro atoms. The van der Waals surface area contributed by atoms with Crippen molar-refractivity contribution >= 4 is 5.91 Å². The van der Waals surface area contributed by atoms with Crippen LogP contribution in [0.15, 0.2) is 41.3 Å². The zero-order valence-electron chi connectivity index (χ0n) is 11.9. The zero-order chi connectivity index (χ0) is 15.1. The van der Waals surface area contributed by atoms with Gasteiger partial charge in [0.25, 0.3) is 5.91 Å². The monoisotopic (exact) mass is 295 g/mol. The maximum absolute atomic E-state index is 11.9. The Kier molecular flexibility index (Phi) is 2.78. The number of aromatic nitrogens is 4. The van der Waals surface area contributed by atoms with Gasteiger partial charge in [-0.2, -0.15) is 4.98 Å². The van der Waals surface area contributed by atoms with Crippen LogP contribution < -0.4 is 5.32 Å². The average Bonchev–Trinajstić information content (AvgIpc) is 3.21. The summed E-state index contributed by atoms with van der Waals surface area (Å²) in [6.07, 6.45) is 3.96. The van der Waals surface area contributed by atoms with Gasteiger partial charge >= 0.3 is 0 Å². The van der Waals surface area contributed by atoms with E-state index in [4.69, 9.17) is 4.52 Å². The minimum absolute atomic E-state index is 0.0648. The Labute approximate surface area is 126 Å². The second kappa shape index (κ2) is 4.80. The lowest BCUT2D eigenvalue weighted by molar-refractivity contribution is 0.0955. The van der Waals surface area contributed by atoms with Crippen LogP contribution in [0.2, 0.25) is 0 Å². The fourth-order valence-electron chi connectivity index (χ4n) is 2.63. The zero-order valence-corrected chi connectivity index (χ0v) is 11.9. The van der Waals surface area contributed by atoms with E-state index in [0.717, 1.165) is 5.56 Å². The molecule has 0 saturated heterocycles. The van der Waals surface area contributed by atoms with E-state index in [1.807, 2.05) is 42.1 Å². The standard InChI is InChI=1S/C15H13N5O2/c1-20-7-12(16-8-20)14-18-13(22-19-14)6-11-9-4-2-3-5-10(9)15(21)17-11/h2-5,7-8,11H,6H2,1H3,(H,17,21). The number of hydrogen-bond donors (Lipinski definition) is 1. The molecule has 1 atom stereocenters. The highest BCUT2D eigenvalue weighted by Crippen LogP contribution is 2.27. The highest BCUT2D eigenvalue weighted by atomic mass is 16.5. The Morgan fingerprint density at radius 1 is 1.36 bits per heavy atom. The molecule has 110 valence electrons. The predicted octanol–water partition coefficient (Wildman–Crippen LogP) is 1.50. The van der Waals surface area contributed by atoms with Crippen molar-refractivity contribution in [3.63, 3.8) is 0 Å². The molecular formula is C15H13N5O2. The highest BCUT2D eigenvalue weighted by molar-refractivity contribution is 5.99. The topological polar surface area (TPSA) is 85.8 Å². The molecule has 2 aromatic heterocycles. The largest absolute Gasteiger partial charge is 0.345 e. The summed E-state index contributed by atoms with van der Waals surface area (Å²) in [5, 5.41) is 6.88. The van der Waals surface area contributed by atoms with E-state index in [2.05, 4.69) is 20.4 Å². The number of hydrogen-bond acceptors (Lipinski definition) is 5. The van der Waals surface area contributed by atoms with Gasteiger partial charge in [0.05, 0.1) is 18.8 Å². The van der Waals surface area contributed by atoms with Crippen LogP contribution >= 0.6 is 0 Å². The van der Waals surface area contributed by atoms with Gasteiger partial charge in [0.15, 0.2) is 0 Å². The van der Waals surface area contributed by atoms with Crippen molar-refractivity contribution in [2.45, 2.75) is 12.5 Å². The van der Waals surface area contributed by atoms with Crippen molar-refractivity contribution in [3.05, 3.63) is 53.8 Å². The Hall–Kier alpha value is -2.96. The molecule has 0 radical (unpaired) electrons. The number of imidazole rings is 1. The highest BCUT2D eigenvalue weighted by Gasteiger charge is 2.29. The van der Waals surface area contributed by atoms with Gasteiger partial charge in [-0.25, -0.2) is 4.98 Å². The lowest BCUT2D eigenvalue weighted by atomic mass is 10.0. The van der Waals surface area contributed by atoms with Gasteiger partial charge in [-0.05, 0) is 11.6 Å². The minimum atomic E-state index is -0.138. The predicted molar refractivity (Wildman–Crippen MR) is 76.9 cm³/mol. The number of carbonyl (C=O) groups excluding carboxylic acids is 1. The van der Waals surface area contributed by atoms with Gasteiger partial charge in [-0.1, -0.05) is 23.4 Å². The summed E-state index contributed by atoms with van der Waals surface area (Å²) in [7, 11) is 1.88. The van der Waals surface area contributed by atoms with Crippen LogP contribution in [0.4, 0.5) is 0 Å². The van der Waals surface area contributed by atoms with E-state index >= 15 is 0 Å². The molecule has 3 aromatic rings. The molecule has 0 saturated carbocycles. The molecule has 1 aliphatic heterocycles. The number of benzene rings is 1. The van der Waals surface area contributed by atoms with Crippen molar-refractivity contribution in [2.24, 2.45) is 7.05 Å². The average molecular weight is 295 g/mol. The first-order valence-electron chi connectivity index (χ1n) is 6.91. The van der Waals surface area contributed by atoms with E-state index in [1.54, 1.807) is 6.33 Å². The van der Waals surface area contributed by atoms with Crippen LogP contribution in [-0.2, 0) is 13.5 Å². The van der Waals surface area contributed by atoms with Gasteiger partial charge < -0.3 is 14.4 Å². The number of rotatable bonds is 3. The summed E-state index contributed by atoms with van der Waals surface area (Å²) < 4.78 is 7.10. The van der Waals surface area contributed by atoms with E-state index in [-0.39, 0.29) is 11.9 Å². The van der Waals surface area contributed by atoms with Crippen molar-refractivity contribution < 1.29 is 9.32 Å². The normalized spacial score (nSPS) is 16.6. The quantitative estimate of drug-likeness (QED) is 0.791. The number of aryl methyl sites for hydroxylation is 1. The molecule has 7 heteroatoms. The van der Waals surface area contributed by atoms with Crippen LogP contribution in [0.1, 0.15) is 27.9 Å². The molecule has 22 heavy (non-hydrogen) atoms. The molecule has 0 bridgehead atoms. The summed E-state index contributed by atoms with van der Waals surface area (Å²) in [4.78, 5) is 20.4. The Morgan fingerprint density at radius 2 is 2.23 bits per heavy atom. The van der Waals surface area contributed by atoms with Gasteiger partial charge in [-0.15, -0.1) is 0 Å². The summed E-state index contributed by atoms with van der Waals surface area (Å²) >= 11 is 0. The van der Waals surface area contributed by atoms with Crippen LogP contribution in [0.5, 0.6) is 0 Å². The number of nitrogens with zero attached hydrogens (tertiary/aromatic N) is 4. The third kappa shape index (κ3) is 2.07. The van der Waals surface area contributed by atoms with Crippen LogP contribution in [0.3, 0.4) is 0 Å². The van der Waals surface area contributed by atoms with E-state index in [1.165, 1.54) is 0 Å². The molecule has 3 heterocycles. The second-order valence-electron chi connectivity index (χ2n) is 5.25. The van der Waals surface area contributed by atoms with E-state index in [9.17, 15) is 4.79 Å². The summed E-state index contributed by atoms with van der Waals surface area (Å²) in [6.45, 7) is 0. The maximum atomic E-state index is 11.9. The second-order valence-corrected chi connectivity index (χ2v) is 5.25. The van der Waals surface area contributed by atoms with Gasteiger partial charge in [-0.3, -0.25) is 4.79 Å². The molecule has 0 fully saturated rings. The van der Waals surface area contributed by atoms with E-state index in [0.29, 0.717) is 29.4 Å². The van der Waals surface area contributed by atoms with Gasteiger partial charge in [0.1, 0.15) is 5.69 Å². The van der Waals surface area contributed by atoms with Gasteiger partial charge in [0, 0.05) is 18.8 Å². The maximum Gasteiger partial charge on any atom is 0.252 e. The third-order valence-corrected chi connectivity index (χ3v) is 3.67.